The van der Waals surface area contributed by atoms with E-state index in [2.05, 4.69) is 13.8 Å². The second-order valence-electron chi connectivity index (χ2n) is 3.12. The summed E-state index contributed by atoms with van der Waals surface area (Å²) in [5, 5.41) is 0. The van der Waals surface area contributed by atoms with Crippen LogP contribution in [-0.2, 0) is 13.3 Å². The molecule has 0 aromatic heterocycles. The van der Waals surface area contributed by atoms with E-state index in [1.807, 2.05) is 13.8 Å². The van der Waals surface area contributed by atoms with Crippen LogP contribution in [0.15, 0.2) is 0 Å². The van der Waals surface area contributed by atoms with E-state index < -0.39 is 8.80 Å². The Labute approximate surface area is 97.4 Å². The number of hydrogen-bond acceptors (Lipinski definition) is 3. The molecular formula is C9H23AsO3Si. The first-order valence-corrected chi connectivity index (χ1v) is 8.64. The molecule has 0 aliphatic heterocycles. The van der Waals surface area contributed by atoms with E-state index in [1.165, 1.54) is 0 Å². The van der Waals surface area contributed by atoms with Crippen LogP contribution in [0.5, 0.6) is 0 Å². The van der Waals surface area contributed by atoms with E-state index in [1.54, 1.807) is 16.9 Å². The summed E-state index contributed by atoms with van der Waals surface area (Å²) < 4.78 is 17.3. The Morgan fingerprint density at radius 3 is 1.93 bits per heavy atom. The first-order chi connectivity index (χ1) is 6.60. The van der Waals surface area contributed by atoms with E-state index in [0.717, 1.165) is 12.5 Å². The predicted octanol–water partition coefficient (Wildman–Crippen LogP) is 1.40. The third-order valence-corrected chi connectivity index (χ3v) is 5.81. The average Bonchev–Trinajstić information content (AvgIpc) is 2.03. The van der Waals surface area contributed by atoms with Gasteiger partial charge in [0.25, 0.3) is 0 Å². The molecule has 0 radical (unpaired) electrons. The van der Waals surface area contributed by atoms with Gasteiger partial charge in [0.1, 0.15) is 0 Å². The molecule has 0 bridgehead atoms. The first-order valence-electron chi connectivity index (χ1n) is 5.31. The summed E-state index contributed by atoms with van der Waals surface area (Å²) in [4.78, 5) is 0.235. The topological polar surface area (TPSA) is 27.7 Å². The summed E-state index contributed by atoms with van der Waals surface area (Å²) in [5.41, 5.74) is 0. The van der Waals surface area contributed by atoms with Gasteiger partial charge in [-0.1, -0.05) is 0 Å². The van der Waals surface area contributed by atoms with E-state index >= 15 is 0 Å². The average molecular weight is 282 g/mol. The SMILES string of the molecule is CCC[Si](OCC)(OCC)OC(C)[AsH2]. The van der Waals surface area contributed by atoms with Crippen molar-refractivity contribution in [1.82, 2.24) is 0 Å². The standard InChI is InChI=1S/C9H23AsO3Si/c1-5-8-14(11-6-2,12-7-3)13-9(4)10/h9H,5-8,10H2,1-4H3. The Balaban J connectivity index is 4.37. The minimum atomic E-state index is -2.34. The summed E-state index contributed by atoms with van der Waals surface area (Å²) in [5.74, 6) is 0. The van der Waals surface area contributed by atoms with Crippen LogP contribution >= 0.6 is 0 Å². The third kappa shape index (κ3) is 5.52. The van der Waals surface area contributed by atoms with Crippen molar-refractivity contribution in [3.8, 4) is 0 Å². The van der Waals surface area contributed by atoms with Gasteiger partial charge in [0.05, 0.1) is 0 Å². The van der Waals surface area contributed by atoms with Gasteiger partial charge in [0.2, 0.25) is 0 Å². The van der Waals surface area contributed by atoms with Crippen molar-refractivity contribution >= 4 is 25.7 Å². The Morgan fingerprint density at radius 1 is 1.14 bits per heavy atom. The summed E-state index contributed by atoms with van der Waals surface area (Å²) in [6.07, 6.45) is 1.05. The molecule has 2 unspecified atom stereocenters. The van der Waals surface area contributed by atoms with Crippen molar-refractivity contribution in [2.24, 2.45) is 0 Å². The first kappa shape index (κ1) is 14.7. The molecule has 86 valence electrons. The van der Waals surface area contributed by atoms with Crippen LogP contribution in [0.25, 0.3) is 0 Å². The van der Waals surface area contributed by atoms with Gasteiger partial charge < -0.3 is 0 Å². The van der Waals surface area contributed by atoms with Gasteiger partial charge in [-0.15, -0.1) is 0 Å². The van der Waals surface area contributed by atoms with E-state index in [9.17, 15) is 0 Å². The zero-order valence-corrected chi connectivity index (χ0v) is 13.1. The molecule has 0 amide bonds. The molecule has 0 aliphatic carbocycles. The Morgan fingerprint density at radius 2 is 1.64 bits per heavy atom. The second-order valence-corrected chi connectivity index (χ2v) is 7.77. The van der Waals surface area contributed by atoms with Crippen molar-refractivity contribution < 1.29 is 13.3 Å². The van der Waals surface area contributed by atoms with Crippen LogP contribution in [0.1, 0.15) is 34.1 Å². The normalized spacial score (nSPS) is 14.4. The fraction of sp³-hybridized carbons (Fsp3) is 1.00. The minimum absolute atomic E-state index is 0.235. The van der Waals surface area contributed by atoms with Crippen LogP contribution in [0.3, 0.4) is 0 Å². The van der Waals surface area contributed by atoms with Crippen molar-refractivity contribution in [2.45, 2.75) is 45.1 Å². The third-order valence-electron chi connectivity index (χ3n) is 1.65. The molecule has 0 aromatic carbocycles. The van der Waals surface area contributed by atoms with Crippen LogP contribution in [-0.4, -0.2) is 43.8 Å². The molecule has 0 saturated carbocycles. The van der Waals surface area contributed by atoms with Crippen molar-refractivity contribution in [3.05, 3.63) is 0 Å². The van der Waals surface area contributed by atoms with Crippen LogP contribution < -0.4 is 0 Å². The van der Waals surface area contributed by atoms with E-state index in [0.29, 0.717) is 13.2 Å². The maximum absolute atomic E-state index is 5.88. The van der Waals surface area contributed by atoms with Gasteiger partial charge in [-0.25, -0.2) is 0 Å². The molecule has 0 saturated heterocycles. The summed E-state index contributed by atoms with van der Waals surface area (Å²) in [6, 6.07) is 0.920. The molecule has 0 rings (SSSR count). The van der Waals surface area contributed by atoms with Gasteiger partial charge in [0.15, 0.2) is 0 Å². The molecule has 3 nitrogen and oxygen atoms in total. The van der Waals surface area contributed by atoms with Crippen molar-refractivity contribution in [1.29, 1.82) is 0 Å². The van der Waals surface area contributed by atoms with Gasteiger partial charge in [-0.2, -0.15) is 0 Å². The second kappa shape index (κ2) is 7.88. The van der Waals surface area contributed by atoms with E-state index in [-0.39, 0.29) is 4.89 Å². The van der Waals surface area contributed by atoms with Crippen LogP contribution in [0.2, 0.25) is 6.04 Å². The van der Waals surface area contributed by atoms with E-state index in [4.69, 9.17) is 13.3 Å². The fourth-order valence-electron chi connectivity index (χ4n) is 1.34. The molecule has 2 atom stereocenters. The molecule has 0 fully saturated rings. The summed E-state index contributed by atoms with van der Waals surface area (Å²) in [7, 11) is -2.34. The molecule has 0 aliphatic rings. The van der Waals surface area contributed by atoms with Gasteiger partial charge in [-0.3, -0.25) is 0 Å². The fourth-order valence-corrected chi connectivity index (χ4v) is 5.33. The Hall–Kier alpha value is 0.655. The molecule has 5 heteroatoms. The maximum atomic E-state index is 5.88. The molecule has 14 heavy (non-hydrogen) atoms. The van der Waals surface area contributed by atoms with Crippen LogP contribution in [0, 0.1) is 0 Å². The van der Waals surface area contributed by atoms with Crippen molar-refractivity contribution in [2.75, 3.05) is 13.2 Å². The monoisotopic (exact) mass is 282 g/mol. The molecule has 0 aromatic rings. The Kier molecular flexibility index (Phi) is 8.25. The molecular weight excluding hydrogens is 259 g/mol. The molecule has 0 heterocycles. The van der Waals surface area contributed by atoms with Crippen LogP contribution in [0.4, 0.5) is 0 Å². The molecule has 0 N–H and O–H groups in total. The molecule has 0 spiro atoms. The number of hydrogen-bond donors (Lipinski definition) is 0. The number of rotatable bonds is 8. The Bertz CT molecular complexity index is 127. The predicted molar refractivity (Wildman–Crippen MR) is 63.2 cm³/mol. The summed E-state index contributed by atoms with van der Waals surface area (Å²) >= 11 is 1.57. The zero-order valence-electron chi connectivity index (χ0n) is 9.71. The van der Waals surface area contributed by atoms with Gasteiger partial charge in [0, 0.05) is 0 Å². The summed E-state index contributed by atoms with van der Waals surface area (Å²) in [6.45, 7) is 9.51. The zero-order chi connectivity index (χ0) is 11.0. The van der Waals surface area contributed by atoms with Gasteiger partial charge >= 0.3 is 97.2 Å². The van der Waals surface area contributed by atoms with Gasteiger partial charge in [-0.05, 0) is 0 Å². The quantitative estimate of drug-likeness (QED) is 0.630. The van der Waals surface area contributed by atoms with Crippen molar-refractivity contribution in [3.63, 3.8) is 0 Å².